The van der Waals surface area contributed by atoms with Crippen molar-refractivity contribution in [2.75, 3.05) is 11.4 Å². The third kappa shape index (κ3) is 2.77. The van der Waals surface area contributed by atoms with Crippen LogP contribution in [0.25, 0.3) is 10.9 Å². The molecular formula is C25H26N4O3. The molecular weight excluding hydrogens is 404 g/mol. The molecule has 4 amide bonds. The van der Waals surface area contributed by atoms with Crippen LogP contribution in [0.15, 0.2) is 48.5 Å². The molecule has 2 aromatic carbocycles. The number of benzene rings is 2. The van der Waals surface area contributed by atoms with Gasteiger partial charge >= 0.3 is 6.03 Å². The van der Waals surface area contributed by atoms with E-state index in [0.717, 1.165) is 28.6 Å². The van der Waals surface area contributed by atoms with Gasteiger partial charge < -0.3 is 15.2 Å². The molecule has 3 heterocycles. The summed E-state index contributed by atoms with van der Waals surface area (Å²) in [6.07, 6.45) is 1.53. The average molecular weight is 431 g/mol. The molecule has 0 unspecified atom stereocenters. The van der Waals surface area contributed by atoms with E-state index < -0.39 is 5.54 Å². The molecule has 2 atom stereocenters. The smallest absolute Gasteiger partial charge is 0.332 e. The van der Waals surface area contributed by atoms with Gasteiger partial charge in [-0.1, -0.05) is 25.1 Å². The highest BCUT2D eigenvalue weighted by Crippen LogP contribution is 2.45. The van der Waals surface area contributed by atoms with Crippen LogP contribution in [-0.2, 0) is 16.8 Å². The number of H-pyrrole nitrogens is 1. The van der Waals surface area contributed by atoms with E-state index in [9.17, 15) is 14.4 Å². The van der Waals surface area contributed by atoms with E-state index >= 15 is 0 Å². The van der Waals surface area contributed by atoms with Crippen molar-refractivity contribution in [1.82, 2.24) is 15.2 Å². The minimum atomic E-state index is -1.09. The van der Waals surface area contributed by atoms with Crippen LogP contribution in [0, 0.1) is 0 Å². The Hall–Kier alpha value is -3.61. The van der Waals surface area contributed by atoms with Crippen molar-refractivity contribution in [3.8, 4) is 0 Å². The van der Waals surface area contributed by atoms with E-state index in [4.69, 9.17) is 0 Å². The van der Waals surface area contributed by atoms with Crippen molar-refractivity contribution in [2.45, 2.75) is 45.2 Å². The topological polar surface area (TPSA) is 85.5 Å². The van der Waals surface area contributed by atoms with Gasteiger partial charge in [-0.25, -0.2) is 9.69 Å². The predicted octanol–water partition coefficient (Wildman–Crippen LogP) is 3.94. The Labute approximate surface area is 186 Å². The second-order valence-electron chi connectivity index (χ2n) is 8.75. The number of imide groups is 1. The number of carbonyl (C=O) groups excluding carboxylic acids is 3. The molecule has 7 heteroatoms. The van der Waals surface area contributed by atoms with E-state index in [0.29, 0.717) is 24.2 Å². The second-order valence-corrected chi connectivity index (χ2v) is 8.75. The lowest BCUT2D eigenvalue weighted by Gasteiger charge is -2.35. The minimum Gasteiger partial charge on any atom is -0.356 e. The van der Waals surface area contributed by atoms with Crippen LogP contribution in [-0.4, -0.2) is 40.3 Å². The number of hydrogen-bond donors (Lipinski definition) is 2. The number of aromatic nitrogens is 1. The molecule has 0 spiro atoms. The van der Waals surface area contributed by atoms with E-state index in [2.05, 4.69) is 10.3 Å². The van der Waals surface area contributed by atoms with Gasteiger partial charge in [0.1, 0.15) is 0 Å². The van der Waals surface area contributed by atoms with Crippen LogP contribution in [0.3, 0.4) is 0 Å². The van der Waals surface area contributed by atoms with Crippen molar-refractivity contribution < 1.29 is 14.4 Å². The molecule has 0 bridgehead atoms. The molecule has 1 aromatic heterocycles. The highest BCUT2D eigenvalue weighted by atomic mass is 16.2. The van der Waals surface area contributed by atoms with Crippen LogP contribution in [0.4, 0.5) is 10.5 Å². The Bertz CT molecular complexity index is 1250. The summed E-state index contributed by atoms with van der Waals surface area (Å²) in [5, 5.41) is 4.02. The first-order chi connectivity index (χ1) is 15.4. The number of fused-ring (bicyclic) bond motifs is 5. The monoisotopic (exact) mass is 430 g/mol. The zero-order valence-electron chi connectivity index (χ0n) is 18.4. The van der Waals surface area contributed by atoms with Gasteiger partial charge in [0.25, 0.3) is 11.8 Å². The zero-order chi connectivity index (χ0) is 22.6. The first-order valence-electron chi connectivity index (χ1n) is 11.0. The summed E-state index contributed by atoms with van der Waals surface area (Å²) in [5.74, 6) is -0.455. The summed E-state index contributed by atoms with van der Waals surface area (Å²) < 4.78 is 0. The van der Waals surface area contributed by atoms with Gasteiger partial charge in [0.15, 0.2) is 5.54 Å². The lowest BCUT2D eigenvalue weighted by molar-refractivity contribution is -0.125. The molecule has 3 aromatic rings. The number of rotatable bonds is 4. The molecule has 7 nitrogen and oxygen atoms in total. The summed E-state index contributed by atoms with van der Waals surface area (Å²) in [6.45, 7) is 6.24. The summed E-state index contributed by atoms with van der Waals surface area (Å²) in [7, 11) is 0. The van der Waals surface area contributed by atoms with Crippen molar-refractivity contribution in [3.63, 3.8) is 0 Å². The van der Waals surface area contributed by atoms with Crippen LogP contribution in [0.2, 0.25) is 0 Å². The maximum Gasteiger partial charge on any atom is 0.332 e. The largest absolute Gasteiger partial charge is 0.356 e. The number of carbonyl (C=O) groups is 3. The number of hydrogen-bond acceptors (Lipinski definition) is 3. The Morgan fingerprint density at radius 3 is 2.59 bits per heavy atom. The number of para-hydroxylation sites is 1. The maximum atomic E-state index is 13.7. The second kappa shape index (κ2) is 7.22. The molecule has 1 fully saturated rings. The number of nitrogens with zero attached hydrogens (tertiary/aromatic N) is 2. The Balaban J connectivity index is 1.50. The third-order valence-corrected chi connectivity index (χ3v) is 6.84. The van der Waals surface area contributed by atoms with Crippen LogP contribution >= 0.6 is 0 Å². The SMILES string of the molecule is CC[C@H](C)NC(=O)c1ccc(N2C(=O)N3CCc4c([nH]c5ccccc45)[C@@]3(C)C2=O)cc1. The lowest BCUT2D eigenvalue weighted by atomic mass is 9.87. The van der Waals surface area contributed by atoms with Crippen LogP contribution < -0.4 is 10.2 Å². The van der Waals surface area contributed by atoms with Gasteiger partial charge in [0, 0.05) is 29.1 Å². The van der Waals surface area contributed by atoms with Gasteiger partial charge in [-0.05, 0) is 62.6 Å². The van der Waals surface area contributed by atoms with Crippen molar-refractivity contribution in [1.29, 1.82) is 0 Å². The molecule has 2 N–H and O–H groups in total. The molecule has 5 rings (SSSR count). The number of aromatic amines is 1. The fourth-order valence-electron chi connectivity index (χ4n) is 4.79. The van der Waals surface area contributed by atoms with Gasteiger partial charge in [-0.15, -0.1) is 0 Å². The number of amides is 4. The average Bonchev–Trinajstić information content (AvgIpc) is 3.28. The summed E-state index contributed by atoms with van der Waals surface area (Å²) >= 11 is 0. The molecule has 1 saturated heterocycles. The maximum absolute atomic E-state index is 13.7. The predicted molar refractivity (Wildman–Crippen MR) is 123 cm³/mol. The lowest BCUT2D eigenvalue weighted by Crippen LogP contribution is -2.49. The normalized spacial score (nSPS) is 21.0. The highest BCUT2D eigenvalue weighted by molar-refractivity contribution is 6.23. The standard InChI is InChI=1S/C25H26N4O3/c1-4-15(2)26-22(30)16-9-11-17(12-10-16)29-23(31)25(3)21-19(13-14-28(25)24(29)32)18-7-5-6-8-20(18)27-21/h5-12,15,27H,4,13-14H2,1-3H3,(H,26,30)/t15-,25-/m0/s1. The number of nitrogens with one attached hydrogen (secondary N) is 2. The molecule has 32 heavy (non-hydrogen) atoms. The van der Waals surface area contributed by atoms with Gasteiger partial charge in [-0.2, -0.15) is 0 Å². The van der Waals surface area contributed by atoms with Gasteiger partial charge in [-0.3, -0.25) is 9.59 Å². The van der Waals surface area contributed by atoms with E-state index in [1.165, 1.54) is 4.90 Å². The molecule has 0 saturated carbocycles. The number of urea groups is 1. The van der Waals surface area contributed by atoms with Crippen molar-refractivity contribution in [3.05, 3.63) is 65.4 Å². The van der Waals surface area contributed by atoms with Crippen molar-refractivity contribution >= 4 is 34.4 Å². The molecule has 2 aliphatic rings. The van der Waals surface area contributed by atoms with E-state index in [-0.39, 0.29) is 23.9 Å². The molecule has 0 aliphatic carbocycles. The molecule has 164 valence electrons. The Kier molecular flexibility index (Phi) is 4.58. The van der Waals surface area contributed by atoms with Crippen molar-refractivity contribution in [2.24, 2.45) is 0 Å². The Morgan fingerprint density at radius 2 is 1.88 bits per heavy atom. The summed E-state index contributed by atoms with van der Waals surface area (Å²) in [6, 6.07) is 14.3. The Morgan fingerprint density at radius 1 is 1.16 bits per heavy atom. The first-order valence-corrected chi connectivity index (χ1v) is 11.0. The molecule has 0 radical (unpaired) electrons. The zero-order valence-corrected chi connectivity index (χ0v) is 18.4. The molecule has 2 aliphatic heterocycles. The van der Waals surface area contributed by atoms with E-state index in [1.54, 1.807) is 29.2 Å². The minimum absolute atomic E-state index is 0.0743. The van der Waals surface area contributed by atoms with Crippen LogP contribution in [0.5, 0.6) is 0 Å². The third-order valence-electron chi connectivity index (χ3n) is 6.84. The van der Waals surface area contributed by atoms with Gasteiger partial charge in [0.05, 0.1) is 11.4 Å². The van der Waals surface area contributed by atoms with Gasteiger partial charge in [0.2, 0.25) is 0 Å². The fourth-order valence-corrected chi connectivity index (χ4v) is 4.79. The summed E-state index contributed by atoms with van der Waals surface area (Å²) in [5.41, 5.74) is 2.73. The summed E-state index contributed by atoms with van der Waals surface area (Å²) in [4.78, 5) is 45.7. The van der Waals surface area contributed by atoms with Crippen LogP contribution in [0.1, 0.15) is 48.8 Å². The first kappa shape index (κ1) is 20.3. The van der Waals surface area contributed by atoms with E-state index in [1.807, 2.05) is 45.0 Å². The quantitative estimate of drug-likeness (QED) is 0.615. The highest BCUT2D eigenvalue weighted by Gasteiger charge is 2.58. The fraction of sp³-hybridized carbons (Fsp3) is 0.320. The number of anilines is 1.